The molecule has 5 heteroatoms. The summed E-state index contributed by atoms with van der Waals surface area (Å²) in [6.07, 6.45) is 1.25. The van der Waals surface area contributed by atoms with Gasteiger partial charge in [-0.3, -0.25) is 4.79 Å². The second-order valence-electron chi connectivity index (χ2n) is 5.42. The van der Waals surface area contributed by atoms with Crippen molar-refractivity contribution in [2.45, 2.75) is 25.4 Å². The maximum Gasteiger partial charge on any atom is 0.159 e. The van der Waals surface area contributed by atoms with E-state index in [1.807, 2.05) is 18.0 Å². The number of Topliss-reactive ketones (excluding diaryl/α,β-unsaturated/α-hetero) is 1. The molecule has 0 aliphatic carbocycles. The van der Waals surface area contributed by atoms with Gasteiger partial charge in [-0.25, -0.2) is 0 Å². The van der Waals surface area contributed by atoms with Gasteiger partial charge in [0.05, 0.1) is 16.3 Å². The van der Waals surface area contributed by atoms with Crippen LogP contribution in [-0.4, -0.2) is 43.3 Å². The first-order chi connectivity index (χ1) is 9.41. The van der Waals surface area contributed by atoms with Crippen molar-refractivity contribution in [1.82, 2.24) is 0 Å². The Hall–Kier alpha value is -1.10. The SMILES string of the molecule is CC(=O)c1ccc(N(C)CC2(O)CCOCC2)c(Cl)c1. The minimum atomic E-state index is -0.740. The first kappa shape index (κ1) is 15.3. The maximum atomic E-state index is 11.3. The minimum Gasteiger partial charge on any atom is -0.388 e. The highest BCUT2D eigenvalue weighted by Gasteiger charge is 2.31. The van der Waals surface area contributed by atoms with Crippen LogP contribution >= 0.6 is 11.6 Å². The van der Waals surface area contributed by atoms with Crippen molar-refractivity contribution >= 4 is 23.1 Å². The van der Waals surface area contributed by atoms with E-state index in [0.29, 0.717) is 43.2 Å². The van der Waals surface area contributed by atoms with Crippen LogP contribution in [0.2, 0.25) is 5.02 Å². The molecule has 20 heavy (non-hydrogen) atoms. The first-order valence-electron chi connectivity index (χ1n) is 6.73. The fraction of sp³-hybridized carbons (Fsp3) is 0.533. The Morgan fingerprint density at radius 3 is 2.65 bits per heavy atom. The van der Waals surface area contributed by atoms with Crippen molar-refractivity contribution in [1.29, 1.82) is 0 Å². The Morgan fingerprint density at radius 1 is 1.45 bits per heavy atom. The number of nitrogens with zero attached hydrogens (tertiary/aromatic N) is 1. The molecule has 0 bridgehead atoms. The zero-order valence-electron chi connectivity index (χ0n) is 11.9. The normalized spacial score (nSPS) is 17.8. The lowest BCUT2D eigenvalue weighted by atomic mass is 9.93. The molecule has 2 rings (SSSR count). The predicted molar refractivity (Wildman–Crippen MR) is 79.7 cm³/mol. The molecule has 1 saturated heterocycles. The number of carbonyl (C=O) groups excluding carboxylic acids is 1. The number of ketones is 1. The van der Waals surface area contributed by atoms with Gasteiger partial charge in [0, 0.05) is 45.2 Å². The Morgan fingerprint density at radius 2 is 2.10 bits per heavy atom. The number of ether oxygens (including phenoxy) is 1. The molecule has 4 nitrogen and oxygen atoms in total. The number of hydrogen-bond acceptors (Lipinski definition) is 4. The van der Waals surface area contributed by atoms with Crippen LogP contribution in [0.5, 0.6) is 0 Å². The van der Waals surface area contributed by atoms with Crippen molar-refractivity contribution in [3.05, 3.63) is 28.8 Å². The highest BCUT2D eigenvalue weighted by atomic mass is 35.5. The number of anilines is 1. The fourth-order valence-corrected chi connectivity index (χ4v) is 2.80. The van der Waals surface area contributed by atoms with E-state index in [1.165, 1.54) is 6.92 Å². The van der Waals surface area contributed by atoms with E-state index < -0.39 is 5.60 Å². The van der Waals surface area contributed by atoms with E-state index in [9.17, 15) is 9.90 Å². The van der Waals surface area contributed by atoms with Gasteiger partial charge >= 0.3 is 0 Å². The van der Waals surface area contributed by atoms with Gasteiger partial charge in [0.25, 0.3) is 0 Å². The summed E-state index contributed by atoms with van der Waals surface area (Å²) < 4.78 is 5.28. The molecule has 0 saturated carbocycles. The molecule has 0 aromatic heterocycles. The lowest BCUT2D eigenvalue weighted by Gasteiger charge is -2.36. The average molecular weight is 298 g/mol. The number of aliphatic hydroxyl groups is 1. The Balaban J connectivity index is 2.12. The smallest absolute Gasteiger partial charge is 0.159 e. The molecule has 0 atom stereocenters. The quantitative estimate of drug-likeness (QED) is 0.868. The van der Waals surface area contributed by atoms with Gasteiger partial charge in [-0.2, -0.15) is 0 Å². The van der Waals surface area contributed by atoms with Crippen molar-refractivity contribution in [3.63, 3.8) is 0 Å². The summed E-state index contributed by atoms with van der Waals surface area (Å²) in [6.45, 7) is 3.18. The van der Waals surface area contributed by atoms with Gasteiger partial charge in [0.15, 0.2) is 5.78 Å². The molecule has 1 fully saturated rings. The second-order valence-corrected chi connectivity index (χ2v) is 5.82. The lowest BCUT2D eigenvalue weighted by Crippen LogP contribution is -2.45. The summed E-state index contributed by atoms with van der Waals surface area (Å²) in [6, 6.07) is 5.25. The molecular weight excluding hydrogens is 278 g/mol. The number of likely N-dealkylation sites (N-methyl/N-ethyl adjacent to an activating group) is 1. The Kier molecular flexibility index (Phi) is 4.68. The summed E-state index contributed by atoms with van der Waals surface area (Å²) in [5.41, 5.74) is 0.670. The number of benzene rings is 1. The lowest BCUT2D eigenvalue weighted by molar-refractivity contribution is -0.0572. The van der Waals surface area contributed by atoms with Crippen LogP contribution < -0.4 is 4.90 Å². The Labute approximate surface area is 124 Å². The highest BCUT2D eigenvalue weighted by molar-refractivity contribution is 6.33. The van der Waals surface area contributed by atoms with Crippen molar-refractivity contribution in [2.24, 2.45) is 0 Å². The largest absolute Gasteiger partial charge is 0.388 e. The first-order valence-corrected chi connectivity index (χ1v) is 7.11. The average Bonchev–Trinajstić information content (AvgIpc) is 2.38. The number of carbonyl (C=O) groups is 1. The fourth-order valence-electron chi connectivity index (χ4n) is 2.47. The van der Waals surface area contributed by atoms with E-state index >= 15 is 0 Å². The van der Waals surface area contributed by atoms with Gasteiger partial charge in [-0.15, -0.1) is 0 Å². The third-order valence-electron chi connectivity index (χ3n) is 3.72. The molecule has 1 aromatic carbocycles. The van der Waals surface area contributed by atoms with E-state index in [0.717, 1.165) is 5.69 Å². The van der Waals surface area contributed by atoms with Crippen molar-refractivity contribution in [2.75, 3.05) is 31.7 Å². The molecular formula is C15H20ClNO3. The van der Waals surface area contributed by atoms with Crippen molar-refractivity contribution in [3.8, 4) is 0 Å². The van der Waals surface area contributed by atoms with Gasteiger partial charge < -0.3 is 14.7 Å². The summed E-state index contributed by atoms with van der Waals surface area (Å²) in [5, 5.41) is 11.0. The highest BCUT2D eigenvalue weighted by Crippen LogP contribution is 2.29. The molecule has 0 unspecified atom stereocenters. The zero-order valence-corrected chi connectivity index (χ0v) is 12.6. The topological polar surface area (TPSA) is 49.8 Å². The molecule has 1 aliphatic heterocycles. The van der Waals surface area contributed by atoms with Crippen LogP contribution in [0, 0.1) is 0 Å². The summed E-state index contributed by atoms with van der Waals surface area (Å²) >= 11 is 6.23. The van der Waals surface area contributed by atoms with Crippen LogP contribution in [0.1, 0.15) is 30.1 Å². The van der Waals surface area contributed by atoms with Crippen LogP contribution in [-0.2, 0) is 4.74 Å². The van der Waals surface area contributed by atoms with Gasteiger partial charge in [-0.1, -0.05) is 11.6 Å². The van der Waals surface area contributed by atoms with E-state index in [-0.39, 0.29) is 5.78 Å². The van der Waals surface area contributed by atoms with E-state index in [1.54, 1.807) is 12.1 Å². The molecule has 1 aliphatic rings. The van der Waals surface area contributed by atoms with Crippen LogP contribution in [0.25, 0.3) is 0 Å². The molecule has 1 N–H and O–H groups in total. The number of rotatable bonds is 4. The van der Waals surface area contributed by atoms with Crippen LogP contribution in [0.4, 0.5) is 5.69 Å². The molecule has 110 valence electrons. The number of halogens is 1. The molecule has 0 radical (unpaired) electrons. The van der Waals surface area contributed by atoms with Crippen LogP contribution in [0.3, 0.4) is 0 Å². The molecule has 0 amide bonds. The van der Waals surface area contributed by atoms with Crippen LogP contribution in [0.15, 0.2) is 18.2 Å². The second kappa shape index (κ2) is 6.12. The zero-order chi connectivity index (χ0) is 14.8. The summed E-state index contributed by atoms with van der Waals surface area (Å²) in [5.74, 6) is -0.0100. The Bertz CT molecular complexity index is 498. The van der Waals surface area contributed by atoms with E-state index in [4.69, 9.17) is 16.3 Å². The summed E-state index contributed by atoms with van der Waals surface area (Å²) in [7, 11) is 1.89. The van der Waals surface area contributed by atoms with E-state index in [2.05, 4.69) is 0 Å². The third kappa shape index (κ3) is 3.51. The molecule has 0 spiro atoms. The van der Waals surface area contributed by atoms with Gasteiger partial charge in [0.2, 0.25) is 0 Å². The predicted octanol–water partition coefficient (Wildman–Crippen LogP) is 2.52. The molecule has 1 heterocycles. The van der Waals surface area contributed by atoms with Gasteiger partial charge in [0.1, 0.15) is 0 Å². The van der Waals surface area contributed by atoms with Gasteiger partial charge in [-0.05, 0) is 25.1 Å². The monoisotopic (exact) mass is 297 g/mol. The minimum absolute atomic E-state index is 0.0100. The number of hydrogen-bond donors (Lipinski definition) is 1. The maximum absolute atomic E-state index is 11.3. The summed E-state index contributed by atoms with van der Waals surface area (Å²) in [4.78, 5) is 13.2. The molecule has 1 aromatic rings. The van der Waals surface area contributed by atoms with Crippen molar-refractivity contribution < 1.29 is 14.6 Å². The third-order valence-corrected chi connectivity index (χ3v) is 4.02. The standard InChI is InChI=1S/C15H20ClNO3/c1-11(18)12-3-4-14(13(16)9-12)17(2)10-15(19)5-7-20-8-6-15/h3-4,9,19H,5-8,10H2,1-2H3.